The molecule has 1 aromatic carbocycles. The van der Waals surface area contributed by atoms with E-state index in [9.17, 15) is 4.79 Å². The van der Waals surface area contributed by atoms with Gasteiger partial charge >= 0.3 is 0 Å². The highest BCUT2D eigenvalue weighted by molar-refractivity contribution is 7.22. The first-order valence-corrected chi connectivity index (χ1v) is 10.9. The molecule has 0 saturated carbocycles. The van der Waals surface area contributed by atoms with E-state index in [0.717, 1.165) is 26.4 Å². The summed E-state index contributed by atoms with van der Waals surface area (Å²) in [5, 5.41) is 2.65. The Morgan fingerprint density at radius 2 is 2.07 bits per heavy atom. The number of fused-ring (bicyclic) bond motifs is 1. The van der Waals surface area contributed by atoms with Crippen molar-refractivity contribution in [2.45, 2.75) is 13.5 Å². The zero-order chi connectivity index (χ0) is 20.1. The smallest absolute Gasteiger partial charge is 0.253 e. The summed E-state index contributed by atoms with van der Waals surface area (Å²) in [6, 6.07) is 13.6. The van der Waals surface area contributed by atoms with E-state index in [1.807, 2.05) is 60.8 Å². The number of thiophene rings is 1. The Hall–Kier alpha value is -3.03. The number of aromatic nitrogens is 2. The number of nitrogens with zero attached hydrogens (tertiary/aromatic N) is 3. The number of pyridine rings is 1. The van der Waals surface area contributed by atoms with Crippen molar-refractivity contribution < 1.29 is 9.53 Å². The fraction of sp³-hybridized carbons (Fsp3) is 0.136. The number of carbonyl (C=O) groups is 1. The summed E-state index contributed by atoms with van der Waals surface area (Å²) in [5.74, 6) is 0.694. The number of ether oxygens (including phenoxy) is 1. The molecule has 0 aliphatic carbocycles. The third-order valence-electron chi connectivity index (χ3n) is 4.18. The molecule has 3 aromatic heterocycles. The first-order chi connectivity index (χ1) is 14.2. The molecule has 0 spiro atoms. The van der Waals surface area contributed by atoms with Crippen LogP contribution in [0.2, 0.25) is 0 Å². The van der Waals surface area contributed by atoms with Gasteiger partial charge in [0.05, 0.1) is 23.4 Å². The van der Waals surface area contributed by atoms with Gasteiger partial charge in [0.2, 0.25) is 0 Å². The number of hydrogen-bond donors (Lipinski definition) is 0. The lowest BCUT2D eigenvalue weighted by Gasteiger charge is -2.18. The molecule has 0 aliphatic heterocycles. The monoisotopic (exact) mass is 421 g/mol. The van der Waals surface area contributed by atoms with Crippen LogP contribution < -0.4 is 9.64 Å². The Labute approximate surface area is 176 Å². The summed E-state index contributed by atoms with van der Waals surface area (Å²) in [7, 11) is 0. The van der Waals surface area contributed by atoms with Gasteiger partial charge in [0.25, 0.3) is 5.91 Å². The van der Waals surface area contributed by atoms with Gasteiger partial charge in [0.1, 0.15) is 5.75 Å². The molecule has 0 bridgehead atoms. The zero-order valence-electron chi connectivity index (χ0n) is 15.8. The fourth-order valence-corrected chi connectivity index (χ4v) is 4.42. The van der Waals surface area contributed by atoms with Gasteiger partial charge in [-0.05, 0) is 60.3 Å². The van der Waals surface area contributed by atoms with E-state index in [-0.39, 0.29) is 5.91 Å². The van der Waals surface area contributed by atoms with Crippen molar-refractivity contribution in [3.63, 3.8) is 0 Å². The Kier molecular flexibility index (Phi) is 5.97. The predicted octanol–water partition coefficient (Wildman–Crippen LogP) is 5.40. The van der Waals surface area contributed by atoms with Crippen LogP contribution in [0.3, 0.4) is 0 Å². The molecule has 0 atom stereocenters. The summed E-state index contributed by atoms with van der Waals surface area (Å²) in [5.41, 5.74) is 1.84. The Morgan fingerprint density at radius 3 is 2.83 bits per heavy atom. The van der Waals surface area contributed by atoms with Crippen LogP contribution in [0.5, 0.6) is 5.75 Å². The third kappa shape index (κ3) is 4.70. The lowest BCUT2D eigenvalue weighted by atomic mass is 10.2. The maximum absolute atomic E-state index is 13.1. The van der Waals surface area contributed by atoms with Gasteiger partial charge < -0.3 is 4.74 Å². The molecule has 0 saturated heterocycles. The van der Waals surface area contributed by atoms with Crippen molar-refractivity contribution in [3.05, 3.63) is 76.8 Å². The van der Waals surface area contributed by atoms with E-state index in [4.69, 9.17) is 9.72 Å². The molecule has 4 rings (SSSR count). The van der Waals surface area contributed by atoms with Crippen LogP contribution in [0.1, 0.15) is 17.4 Å². The molecule has 0 fully saturated rings. The van der Waals surface area contributed by atoms with Crippen molar-refractivity contribution in [2.24, 2.45) is 0 Å². The van der Waals surface area contributed by atoms with E-state index in [2.05, 4.69) is 4.98 Å². The average molecular weight is 422 g/mol. The highest BCUT2D eigenvalue weighted by Crippen LogP contribution is 2.32. The molecule has 1 amide bonds. The summed E-state index contributed by atoms with van der Waals surface area (Å²) in [6.45, 7) is 2.99. The normalized spacial score (nSPS) is 11.2. The van der Waals surface area contributed by atoms with Crippen LogP contribution >= 0.6 is 22.7 Å². The largest absolute Gasteiger partial charge is 0.494 e. The Morgan fingerprint density at radius 1 is 1.21 bits per heavy atom. The van der Waals surface area contributed by atoms with Gasteiger partial charge in [-0.25, -0.2) is 4.98 Å². The predicted molar refractivity (Wildman–Crippen MR) is 120 cm³/mol. The quantitative estimate of drug-likeness (QED) is 0.375. The van der Waals surface area contributed by atoms with Gasteiger partial charge in [-0.15, -0.1) is 11.3 Å². The highest BCUT2D eigenvalue weighted by Gasteiger charge is 2.19. The van der Waals surface area contributed by atoms with Crippen LogP contribution in [0, 0.1) is 0 Å². The second-order valence-corrected chi connectivity index (χ2v) is 8.18. The van der Waals surface area contributed by atoms with Crippen molar-refractivity contribution in [1.29, 1.82) is 0 Å². The summed E-state index contributed by atoms with van der Waals surface area (Å²) in [6.07, 6.45) is 6.90. The van der Waals surface area contributed by atoms with E-state index in [1.165, 1.54) is 11.3 Å². The summed E-state index contributed by atoms with van der Waals surface area (Å²) in [4.78, 5) is 24.6. The molecule has 5 nitrogen and oxygen atoms in total. The van der Waals surface area contributed by atoms with Crippen molar-refractivity contribution in [1.82, 2.24) is 9.97 Å². The molecular weight excluding hydrogens is 402 g/mol. The number of thiazole rings is 1. The molecule has 0 N–H and O–H groups in total. The molecular formula is C22H19N3O2S2. The molecule has 29 heavy (non-hydrogen) atoms. The van der Waals surface area contributed by atoms with Crippen LogP contribution in [0.25, 0.3) is 16.3 Å². The molecule has 3 heterocycles. The first kappa shape index (κ1) is 19.3. The van der Waals surface area contributed by atoms with E-state index >= 15 is 0 Å². The number of carbonyl (C=O) groups excluding carboxylic acids is 1. The third-order valence-corrected chi connectivity index (χ3v) is 6.06. The molecule has 4 aromatic rings. The molecule has 0 unspecified atom stereocenters. The first-order valence-electron chi connectivity index (χ1n) is 9.18. The van der Waals surface area contributed by atoms with Crippen LogP contribution in [-0.2, 0) is 11.3 Å². The van der Waals surface area contributed by atoms with Crippen LogP contribution in [0.15, 0.2) is 66.3 Å². The fourth-order valence-electron chi connectivity index (χ4n) is 2.80. The van der Waals surface area contributed by atoms with Gasteiger partial charge in [0.15, 0.2) is 5.13 Å². The maximum Gasteiger partial charge on any atom is 0.253 e. The lowest BCUT2D eigenvalue weighted by molar-refractivity contribution is -0.114. The Bertz CT molecular complexity index is 1120. The zero-order valence-corrected chi connectivity index (χ0v) is 17.5. The summed E-state index contributed by atoms with van der Waals surface area (Å²) >= 11 is 3.08. The number of benzene rings is 1. The molecule has 0 radical (unpaired) electrons. The van der Waals surface area contributed by atoms with Gasteiger partial charge in [0, 0.05) is 23.3 Å². The minimum atomic E-state index is -0.112. The lowest BCUT2D eigenvalue weighted by Crippen LogP contribution is -2.28. The van der Waals surface area contributed by atoms with Crippen LogP contribution in [-0.4, -0.2) is 22.5 Å². The van der Waals surface area contributed by atoms with E-state index in [0.29, 0.717) is 18.3 Å². The maximum atomic E-state index is 13.1. The number of amides is 1. The Balaban J connectivity index is 1.67. The average Bonchev–Trinajstić information content (AvgIpc) is 3.40. The second kappa shape index (κ2) is 8.98. The van der Waals surface area contributed by atoms with Crippen molar-refractivity contribution in [3.8, 4) is 5.75 Å². The van der Waals surface area contributed by atoms with Gasteiger partial charge in [-0.2, -0.15) is 0 Å². The summed E-state index contributed by atoms with van der Waals surface area (Å²) < 4.78 is 6.57. The second-order valence-electron chi connectivity index (χ2n) is 6.19. The molecule has 0 aliphatic rings. The van der Waals surface area contributed by atoms with Gasteiger partial charge in [-0.3, -0.25) is 14.7 Å². The minimum absolute atomic E-state index is 0.112. The standard InChI is InChI=1S/C22H19N3O2S2/c1-2-27-17-5-7-19-20(14-17)29-22(24-19)25(15-16-9-11-23-12-10-16)21(26)8-6-18-4-3-13-28-18/h3-14H,2,15H2,1H3/b8-6+. The topological polar surface area (TPSA) is 55.3 Å². The van der Waals surface area contributed by atoms with Crippen molar-refractivity contribution in [2.75, 3.05) is 11.5 Å². The minimum Gasteiger partial charge on any atom is -0.494 e. The molecule has 7 heteroatoms. The highest BCUT2D eigenvalue weighted by atomic mass is 32.1. The van der Waals surface area contributed by atoms with Crippen molar-refractivity contribution >= 4 is 50.0 Å². The van der Waals surface area contributed by atoms with Gasteiger partial charge in [-0.1, -0.05) is 17.4 Å². The van der Waals surface area contributed by atoms with Crippen LogP contribution in [0.4, 0.5) is 5.13 Å². The van der Waals surface area contributed by atoms with E-state index in [1.54, 1.807) is 34.7 Å². The number of hydrogen-bond acceptors (Lipinski definition) is 6. The SMILES string of the molecule is CCOc1ccc2nc(N(Cc3ccncc3)C(=O)/C=C/c3cccs3)sc2c1. The number of anilines is 1. The van der Waals surface area contributed by atoms with E-state index < -0.39 is 0 Å². The number of rotatable bonds is 7. The molecule has 146 valence electrons.